The van der Waals surface area contributed by atoms with Crippen LogP contribution < -0.4 is 10.6 Å². The van der Waals surface area contributed by atoms with Crippen molar-refractivity contribution in [2.45, 2.75) is 19.8 Å². The number of aromatic nitrogens is 1. The summed E-state index contributed by atoms with van der Waals surface area (Å²) in [6.07, 6.45) is 2.36. The molecule has 1 unspecified atom stereocenters. The third kappa shape index (κ3) is 3.42. The van der Waals surface area contributed by atoms with Crippen LogP contribution in [-0.4, -0.2) is 36.8 Å². The maximum absolute atomic E-state index is 5.80. The SMILES string of the molecule is COCC1CCCN(c2nc(C)ccc2C(N)=S)C1. The average molecular weight is 279 g/mol. The molecule has 1 fully saturated rings. The second kappa shape index (κ2) is 6.30. The van der Waals surface area contributed by atoms with Crippen LogP contribution in [0.25, 0.3) is 0 Å². The van der Waals surface area contributed by atoms with Gasteiger partial charge in [0.05, 0.1) is 12.2 Å². The van der Waals surface area contributed by atoms with E-state index in [1.54, 1.807) is 7.11 Å². The van der Waals surface area contributed by atoms with Gasteiger partial charge in [-0.05, 0) is 37.8 Å². The number of rotatable bonds is 4. The van der Waals surface area contributed by atoms with Crippen LogP contribution in [0.1, 0.15) is 24.1 Å². The number of ether oxygens (including phenoxy) is 1. The summed E-state index contributed by atoms with van der Waals surface area (Å²) in [7, 11) is 1.75. The maximum atomic E-state index is 5.80. The number of hydrogen-bond donors (Lipinski definition) is 1. The second-order valence-corrected chi connectivity index (χ2v) is 5.54. The van der Waals surface area contributed by atoms with Gasteiger partial charge in [0.15, 0.2) is 0 Å². The van der Waals surface area contributed by atoms with E-state index in [1.807, 2.05) is 19.1 Å². The molecule has 104 valence electrons. The van der Waals surface area contributed by atoms with Crippen LogP contribution in [0.3, 0.4) is 0 Å². The molecule has 0 spiro atoms. The van der Waals surface area contributed by atoms with E-state index in [2.05, 4.69) is 9.88 Å². The molecule has 2 heterocycles. The first-order valence-corrected chi connectivity index (χ1v) is 7.04. The highest BCUT2D eigenvalue weighted by molar-refractivity contribution is 7.80. The van der Waals surface area contributed by atoms with Gasteiger partial charge in [-0.1, -0.05) is 12.2 Å². The Hall–Kier alpha value is -1.20. The van der Waals surface area contributed by atoms with E-state index in [0.29, 0.717) is 10.9 Å². The highest BCUT2D eigenvalue weighted by Gasteiger charge is 2.23. The zero-order valence-electron chi connectivity index (χ0n) is 11.6. The van der Waals surface area contributed by atoms with Crippen molar-refractivity contribution >= 4 is 23.0 Å². The van der Waals surface area contributed by atoms with Gasteiger partial charge in [0.2, 0.25) is 0 Å². The summed E-state index contributed by atoms with van der Waals surface area (Å²) in [5.41, 5.74) is 7.67. The number of piperidine rings is 1. The van der Waals surface area contributed by atoms with Gasteiger partial charge in [0.1, 0.15) is 10.8 Å². The quantitative estimate of drug-likeness (QED) is 0.853. The minimum atomic E-state index is 0.413. The van der Waals surface area contributed by atoms with Crippen LogP contribution >= 0.6 is 12.2 Å². The third-order valence-electron chi connectivity index (χ3n) is 3.50. The highest BCUT2D eigenvalue weighted by atomic mass is 32.1. The summed E-state index contributed by atoms with van der Waals surface area (Å²) in [6.45, 7) is 4.75. The van der Waals surface area contributed by atoms with Crippen LogP contribution in [0.5, 0.6) is 0 Å². The molecular weight excluding hydrogens is 258 g/mol. The van der Waals surface area contributed by atoms with Crippen molar-refractivity contribution in [2.24, 2.45) is 11.7 Å². The van der Waals surface area contributed by atoms with E-state index in [1.165, 1.54) is 6.42 Å². The molecule has 1 aliphatic rings. The lowest BCUT2D eigenvalue weighted by Crippen LogP contribution is -2.38. The average Bonchev–Trinajstić information content (AvgIpc) is 2.39. The molecule has 1 saturated heterocycles. The number of hydrogen-bond acceptors (Lipinski definition) is 4. The Balaban J connectivity index is 2.24. The van der Waals surface area contributed by atoms with Gasteiger partial charge in [-0.2, -0.15) is 0 Å². The summed E-state index contributed by atoms with van der Waals surface area (Å²) >= 11 is 5.13. The molecule has 1 atom stereocenters. The molecule has 5 heteroatoms. The zero-order valence-corrected chi connectivity index (χ0v) is 12.4. The van der Waals surface area contributed by atoms with Crippen molar-refractivity contribution in [3.05, 3.63) is 23.4 Å². The second-order valence-electron chi connectivity index (χ2n) is 5.10. The Morgan fingerprint density at radius 1 is 1.58 bits per heavy atom. The molecule has 1 aromatic heterocycles. The van der Waals surface area contributed by atoms with Crippen LogP contribution in [0.2, 0.25) is 0 Å². The van der Waals surface area contributed by atoms with Crippen LogP contribution in [0.15, 0.2) is 12.1 Å². The van der Waals surface area contributed by atoms with Crippen molar-refractivity contribution < 1.29 is 4.74 Å². The number of methoxy groups -OCH3 is 1. The van der Waals surface area contributed by atoms with Gasteiger partial charge in [-0.15, -0.1) is 0 Å². The number of nitrogens with zero attached hydrogens (tertiary/aromatic N) is 2. The van der Waals surface area contributed by atoms with Gasteiger partial charge in [0.25, 0.3) is 0 Å². The molecular formula is C14H21N3OS. The first-order chi connectivity index (χ1) is 9.11. The summed E-state index contributed by atoms with van der Waals surface area (Å²) in [6, 6.07) is 3.93. The predicted octanol–water partition coefficient (Wildman–Crippen LogP) is 1.89. The van der Waals surface area contributed by atoms with Gasteiger partial charge in [0, 0.05) is 25.9 Å². The van der Waals surface area contributed by atoms with Crippen LogP contribution in [-0.2, 0) is 4.74 Å². The monoisotopic (exact) mass is 279 g/mol. The molecule has 0 saturated carbocycles. The van der Waals surface area contributed by atoms with Gasteiger partial charge >= 0.3 is 0 Å². The number of aryl methyl sites for hydroxylation is 1. The van der Waals surface area contributed by atoms with E-state index in [-0.39, 0.29) is 0 Å². The molecule has 19 heavy (non-hydrogen) atoms. The summed E-state index contributed by atoms with van der Waals surface area (Å²) in [5.74, 6) is 1.48. The molecule has 1 aromatic rings. The summed E-state index contributed by atoms with van der Waals surface area (Å²) < 4.78 is 5.27. The molecule has 0 aliphatic carbocycles. The Kier molecular flexibility index (Phi) is 4.71. The lowest BCUT2D eigenvalue weighted by molar-refractivity contribution is 0.143. The molecule has 4 nitrogen and oxygen atoms in total. The molecule has 0 radical (unpaired) electrons. The molecule has 2 rings (SSSR count). The van der Waals surface area contributed by atoms with Crippen molar-refractivity contribution in [3.63, 3.8) is 0 Å². The Morgan fingerprint density at radius 3 is 3.05 bits per heavy atom. The minimum Gasteiger partial charge on any atom is -0.389 e. The van der Waals surface area contributed by atoms with Gasteiger partial charge in [-0.3, -0.25) is 0 Å². The van der Waals surface area contributed by atoms with E-state index in [9.17, 15) is 0 Å². The summed E-state index contributed by atoms with van der Waals surface area (Å²) in [4.78, 5) is 7.33. The maximum Gasteiger partial charge on any atom is 0.139 e. The van der Waals surface area contributed by atoms with Gasteiger partial charge in [-0.25, -0.2) is 4.98 Å². The van der Waals surface area contributed by atoms with Crippen LogP contribution in [0, 0.1) is 12.8 Å². The Bertz CT molecular complexity index is 462. The van der Waals surface area contributed by atoms with E-state index >= 15 is 0 Å². The fourth-order valence-corrected chi connectivity index (χ4v) is 2.76. The molecule has 0 bridgehead atoms. The normalized spacial score (nSPS) is 19.5. The number of pyridine rings is 1. The smallest absolute Gasteiger partial charge is 0.139 e. The topological polar surface area (TPSA) is 51.4 Å². The van der Waals surface area contributed by atoms with E-state index in [0.717, 1.165) is 43.2 Å². The number of thiocarbonyl (C=S) groups is 1. The zero-order chi connectivity index (χ0) is 13.8. The first kappa shape index (κ1) is 14.2. The van der Waals surface area contributed by atoms with E-state index in [4.69, 9.17) is 22.7 Å². The number of nitrogens with two attached hydrogens (primary N) is 1. The van der Waals surface area contributed by atoms with Crippen molar-refractivity contribution in [1.82, 2.24) is 4.98 Å². The fraction of sp³-hybridized carbons (Fsp3) is 0.571. The third-order valence-corrected chi connectivity index (χ3v) is 3.72. The van der Waals surface area contributed by atoms with Crippen LogP contribution in [0.4, 0.5) is 5.82 Å². The van der Waals surface area contributed by atoms with Gasteiger partial charge < -0.3 is 15.4 Å². The molecule has 0 aromatic carbocycles. The Morgan fingerprint density at radius 2 is 2.37 bits per heavy atom. The molecule has 0 amide bonds. The van der Waals surface area contributed by atoms with Crippen molar-refractivity contribution in [1.29, 1.82) is 0 Å². The summed E-state index contributed by atoms with van der Waals surface area (Å²) in [5, 5.41) is 0. The fourth-order valence-electron chi connectivity index (χ4n) is 2.61. The number of anilines is 1. The highest BCUT2D eigenvalue weighted by Crippen LogP contribution is 2.25. The largest absolute Gasteiger partial charge is 0.389 e. The van der Waals surface area contributed by atoms with E-state index < -0.39 is 0 Å². The van der Waals surface area contributed by atoms with Crippen molar-refractivity contribution in [3.8, 4) is 0 Å². The van der Waals surface area contributed by atoms with Crippen molar-refractivity contribution in [2.75, 3.05) is 31.7 Å². The Labute approximate surface area is 120 Å². The molecule has 1 aliphatic heterocycles. The standard InChI is InChI=1S/C14H21N3OS/c1-10-5-6-12(13(15)19)14(16-10)17-7-3-4-11(8-17)9-18-2/h5-6,11H,3-4,7-9H2,1-2H3,(H2,15,19). The molecule has 2 N–H and O–H groups in total. The lowest BCUT2D eigenvalue weighted by Gasteiger charge is -2.34. The lowest BCUT2D eigenvalue weighted by atomic mass is 9.98. The minimum absolute atomic E-state index is 0.413. The predicted molar refractivity (Wildman–Crippen MR) is 81.7 cm³/mol. The first-order valence-electron chi connectivity index (χ1n) is 6.63.